The molecule has 0 spiro atoms. The summed E-state index contributed by atoms with van der Waals surface area (Å²) >= 11 is 0. The molecular weight excluding hydrogens is 321 g/mol. The van der Waals surface area contributed by atoms with Gasteiger partial charge in [-0.2, -0.15) is 4.58 Å². The zero-order chi connectivity index (χ0) is 18.3. The van der Waals surface area contributed by atoms with Gasteiger partial charge in [0.25, 0.3) is 6.85 Å². The monoisotopic (exact) mass is 344 g/mol. The fraction of sp³-hybridized carbons (Fsp3) is 0.190. The number of benzene rings is 2. The molecule has 130 valence electrons. The zero-order valence-electron chi connectivity index (χ0n) is 15.7. The van der Waals surface area contributed by atoms with Gasteiger partial charge in [-0.05, 0) is 25.2 Å². The first-order valence-corrected chi connectivity index (χ1v) is 8.89. The number of fused-ring (bicyclic) bond motifs is 2. The van der Waals surface area contributed by atoms with Crippen LogP contribution in [-0.2, 0) is 7.05 Å². The minimum absolute atomic E-state index is 0.256. The predicted octanol–water partition coefficient (Wildman–Crippen LogP) is 3.10. The molecule has 0 saturated carbocycles. The van der Waals surface area contributed by atoms with Gasteiger partial charge < -0.3 is 14.1 Å². The average molecular weight is 344 g/mol. The lowest BCUT2D eigenvalue weighted by molar-refractivity contribution is -0.411. The standard InChI is InChI=1S/C21H23BN3O/c1-22-17-11-6-8-13-19(17)24(3)21(26-20-14-9-15-23(20)2)16-10-5-7-12-18(16)25(22)4/h5-15H,1-4H3/q+1. The number of nitrogens with zero attached hydrogens (tertiary/aromatic N) is 3. The number of aromatic nitrogens is 1. The molecule has 0 atom stereocenters. The smallest absolute Gasteiger partial charge is 0.384 e. The first kappa shape index (κ1) is 16.5. The number of hydrogen-bond donors (Lipinski definition) is 0. The maximum Gasteiger partial charge on any atom is 0.384 e. The third-order valence-electron chi connectivity index (χ3n) is 5.25. The van der Waals surface area contributed by atoms with Crippen LogP contribution in [0.1, 0.15) is 5.56 Å². The SMILES string of the molecule is CB1c2ccccc2[N+](C)=C(Oc2cccn2C)c2ccccc2N1C. The Morgan fingerprint density at radius 2 is 1.65 bits per heavy atom. The van der Waals surface area contributed by atoms with E-state index in [2.05, 4.69) is 78.8 Å². The second-order valence-electron chi connectivity index (χ2n) is 6.79. The van der Waals surface area contributed by atoms with Crippen LogP contribution in [0.3, 0.4) is 0 Å². The molecule has 4 rings (SSSR count). The van der Waals surface area contributed by atoms with Crippen LogP contribution < -0.4 is 15.0 Å². The first-order chi connectivity index (χ1) is 12.6. The summed E-state index contributed by atoms with van der Waals surface area (Å²) in [5.74, 6) is 1.64. The Bertz CT molecular complexity index is 992. The molecular formula is C21H23BN3O+. The molecule has 0 N–H and O–H groups in total. The van der Waals surface area contributed by atoms with Crippen molar-refractivity contribution in [2.45, 2.75) is 6.82 Å². The molecule has 0 fully saturated rings. The lowest BCUT2D eigenvalue weighted by Crippen LogP contribution is -2.47. The molecule has 2 aromatic carbocycles. The van der Waals surface area contributed by atoms with Crippen molar-refractivity contribution < 1.29 is 9.31 Å². The van der Waals surface area contributed by atoms with Crippen LogP contribution in [0.5, 0.6) is 5.88 Å². The van der Waals surface area contributed by atoms with E-state index >= 15 is 0 Å². The largest absolute Gasteiger partial charge is 0.413 e. The lowest BCUT2D eigenvalue weighted by Gasteiger charge is -2.29. The van der Waals surface area contributed by atoms with E-state index in [0.717, 1.165) is 28.7 Å². The summed E-state index contributed by atoms with van der Waals surface area (Å²) < 4.78 is 10.6. The predicted molar refractivity (Wildman–Crippen MR) is 109 cm³/mol. The summed E-state index contributed by atoms with van der Waals surface area (Å²) in [4.78, 5) is 2.32. The molecule has 1 aliphatic heterocycles. The Kier molecular flexibility index (Phi) is 4.07. The van der Waals surface area contributed by atoms with Gasteiger partial charge in [-0.25, -0.2) is 0 Å². The zero-order valence-corrected chi connectivity index (χ0v) is 15.7. The van der Waals surface area contributed by atoms with Crippen molar-refractivity contribution in [2.24, 2.45) is 7.05 Å². The van der Waals surface area contributed by atoms with E-state index in [1.54, 1.807) is 0 Å². The van der Waals surface area contributed by atoms with Crippen molar-refractivity contribution >= 4 is 29.6 Å². The van der Waals surface area contributed by atoms with Crippen LogP contribution >= 0.6 is 0 Å². The highest BCUT2D eigenvalue weighted by molar-refractivity contribution is 6.76. The van der Waals surface area contributed by atoms with E-state index in [4.69, 9.17) is 4.74 Å². The topological polar surface area (TPSA) is 20.4 Å². The van der Waals surface area contributed by atoms with Gasteiger partial charge in [0.05, 0.1) is 0 Å². The van der Waals surface area contributed by atoms with Gasteiger partial charge in [0.1, 0.15) is 12.6 Å². The Labute approximate surface area is 155 Å². The van der Waals surface area contributed by atoms with Gasteiger partial charge in [-0.3, -0.25) is 0 Å². The van der Waals surface area contributed by atoms with Crippen LogP contribution in [0.15, 0.2) is 66.9 Å². The minimum Gasteiger partial charge on any atom is -0.413 e. The molecule has 5 heteroatoms. The van der Waals surface area contributed by atoms with Crippen molar-refractivity contribution in [2.75, 3.05) is 18.9 Å². The summed E-state index contributed by atoms with van der Waals surface area (Å²) in [6.07, 6.45) is 1.99. The Morgan fingerprint density at radius 1 is 0.923 bits per heavy atom. The average Bonchev–Trinajstić information content (AvgIpc) is 3.08. The van der Waals surface area contributed by atoms with Crippen molar-refractivity contribution in [1.29, 1.82) is 0 Å². The molecule has 0 saturated heterocycles. The maximum atomic E-state index is 6.42. The van der Waals surface area contributed by atoms with Crippen LogP contribution in [0.4, 0.5) is 11.4 Å². The van der Waals surface area contributed by atoms with E-state index < -0.39 is 0 Å². The quantitative estimate of drug-likeness (QED) is 0.499. The number of hydrogen-bond acceptors (Lipinski definition) is 2. The van der Waals surface area contributed by atoms with Gasteiger partial charge in [0.2, 0.25) is 11.6 Å². The number of ether oxygens (including phenoxy) is 1. The van der Waals surface area contributed by atoms with Gasteiger partial charge in [0, 0.05) is 36.5 Å². The molecule has 0 radical (unpaired) electrons. The van der Waals surface area contributed by atoms with Crippen molar-refractivity contribution in [3.8, 4) is 5.88 Å². The Morgan fingerprint density at radius 3 is 2.42 bits per heavy atom. The molecule has 2 heterocycles. The summed E-state index contributed by atoms with van der Waals surface area (Å²) in [7, 11) is 6.21. The van der Waals surface area contributed by atoms with Gasteiger partial charge >= 0.3 is 5.90 Å². The summed E-state index contributed by atoms with van der Waals surface area (Å²) in [5, 5.41) is 0. The molecule has 0 aliphatic carbocycles. The van der Waals surface area contributed by atoms with Crippen molar-refractivity contribution in [3.63, 3.8) is 0 Å². The number of para-hydroxylation sites is 2. The highest BCUT2D eigenvalue weighted by atomic mass is 16.5. The third-order valence-corrected chi connectivity index (χ3v) is 5.25. The van der Waals surface area contributed by atoms with Crippen molar-refractivity contribution in [3.05, 3.63) is 72.4 Å². The van der Waals surface area contributed by atoms with E-state index in [1.807, 2.05) is 29.9 Å². The fourth-order valence-corrected chi connectivity index (χ4v) is 3.59. The van der Waals surface area contributed by atoms with Gasteiger partial charge in [0.15, 0.2) is 0 Å². The summed E-state index contributed by atoms with van der Waals surface area (Å²) in [6, 6.07) is 20.9. The van der Waals surface area contributed by atoms with E-state index in [9.17, 15) is 0 Å². The molecule has 1 aromatic heterocycles. The van der Waals surface area contributed by atoms with Crippen LogP contribution in [0.25, 0.3) is 0 Å². The number of anilines is 1. The molecule has 0 amide bonds. The van der Waals surface area contributed by atoms with Crippen LogP contribution in [-0.4, -0.2) is 36.0 Å². The number of rotatable bonds is 1. The highest BCUT2D eigenvalue weighted by Crippen LogP contribution is 2.27. The molecule has 3 aromatic rings. The fourth-order valence-electron chi connectivity index (χ4n) is 3.59. The van der Waals surface area contributed by atoms with Crippen LogP contribution in [0.2, 0.25) is 6.82 Å². The molecule has 26 heavy (non-hydrogen) atoms. The van der Waals surface area contributed by atoms with Crippen molar-refractivity contribution in [1.82, 2.24) is 4.57 Å². The Hall–Kier alpha value is -2.95. The van der Waals surface area contributed by atoms with E-state index in [0.29, 0.717) is 0 Å². The highest BCUT2D eigenvalue weighted by Gasteiger charge is 2.33. The minimum atomic E-state index is 0.256. The molecule has 0 bridgehead atoms. The van der Waals surface area contributed by atoms with E-state index in [-0.39, 0.29) is 6.85 Å². The lowest BCUT2D eigenvalue weighted by atomic mass is 9.55. The number of aryl methyl sites for hydroxylation is 1. The first-order valence-electron chi connectivity index (χ1n) is 8.89. The summed E-state index contributed by atoms with van der Waals surface area (Å²) in [6.45, 7) is 2.50. The Balaban J connectivity index is 2.00. The van der Waals surface area contributed by atoms with E-state index in [1.165, 1.54) is 5.46 Å². The third kappa shape index (κ3) is 2.60. The summed E-state index contributed by atoms with van der Waals surface area (Å²) in [5.41, 5.74) is 4.68. The normalized spacial score (nSPS) is 13.8. The van der Waals surface area contributed by atoms with Gasteiger partial charge in [-0.15, -0.1) is 0 Å². The second-order valence-corrected chi connectivity index (χ2v) is 6.79. The van der Waals surface area contributed by atoms with Crippen LogP contribution in [0, 0.1) is 0 Å². The molecule has 4 nitrogen and oxygen atoms in total. The molecule has 0 unspecified atom stereocenters. The molecule has 1 aliphatic rings. The van der Waals surface area contributed by atoms with Gasteiger partial charge in [-0.1, -0.05) is 37.2 Å². The maximum absolute atomic E-state index is 6.42. The second kappa shape index (κ2) is 6.41.